The van der Waals surface area contributed by atoms with Gasteiger partial charge < -0.3 is 16.0 Å². The van der Waals surface area contributed by atoms with Crippen molar-refractivity contribution in [3.8, 4) is 0 Å². The van der Waals surface area contributed by atoms with Gasteiger partial charge in [-0.2, -0.15) is 0 Å². The van der Waals surface area contributed by atoms with Gasteiger partial charge in [0.1, 0.15) is 5.69 Å². The van der Waals surface area contributed by atoms with Crippen LogP contribution in [0.15, 0.2) is 66.9 Å². The maximum absolute atomic E-state index is 12.5. The van der Waals surface area contributed by atoms with E-state index in [-0.39, 0.29) is 23.6 Å². The Balaban J connectivity index is 1.70. The van der Waals surface area contributed by atoms with Gasteiger partial charge in [-0.15, -0.1) is 0 Å². The first-order valence-corrected chi connectivity index (χ1v) is 8.85. The summed E-state index contributed by atoms with van der Waals surface area (Å²) >= 11 is 0. The van der Waals surface area contributed by atoms with Crippen molar-refractivity contribution in [1.82, 2.24) is 15.3 Å². The number of nitrogens with zero attached hydrogens (tertiary/aromatic N) is 2. The number of nitrogens with one attached hydrogen (secondary N) is 3. The summed E-state index contributed by atoms with van der Waals surface area (Å²) in [5.41, 5.74) is 2.63. The molecule has 1 aromatic heterocycles. The zero-order chi connectivity index (χ0) is 19.9. The predicted octanol–water partition coefficient (Wildman–Crippen LogP) is 3.67. The van der Waals surface area contributed by atoms with Crippen LogP contribution in [-0.4, -0.2) is 21.8 Å². The molecule has 0 saturated carbocycles. The maximum Gasteiger partial charge on any atom is 0.270 e. The number of carbonyl (C=O) groups is 2. The summed E-state index contributed by atoms with van der Waals surface area (Å²) in [6, 6.07) is 18.3. The fourth-order valence-electron chi connectivity index (χ4n) is 2.65. The van der Waals surface area contributed by atoms with E-state index < -0.39 is 0 Å². The molecule has 0 bridgehead atoms. The second-order valence-corrected chi connectivity index (χ2v) is 6.26. The number of hydrogen-bond donors (Lipinski definition) is 3. The zero-order valence-electron chi connectivity index (χ0n) is 15.6. The van der Waals surface area contributed by atoms with Crippen LogP contribution >= 0.6 is 0 Å². The number of benzene rings is 2. The Kier molecular flexibility index (Phi) is 5.96. The van der Waals surface area contributed by atoms with Crippen molar-refractivity contribution in [3.05, 3.63) is 78.1 Å². The molecule has 2 aromatic carbocycles. The third-order valence-electron chi connectivity index (χ3n) is 3.97. The fraction of sp³-hybridized carbons (Fsp3) is 0.143. The maximum atomic E-state index is 12.5. The van der Waals surface area contributed by atoms with E-state index in [9.17, 15) is 9.59 Å². The average molecular weight is 375 g/mol. The number of anilines is 3. The van der Waals surface area contributed by atoms with E-state index in [1.54, 1.807) is 24.3 Å². The molecule has 0 fully saturated rings. The van der Waals surface area contributed by atoms with Gasteiger partial charge in [0, 0.05) is 24.5 Å². The third-order valence-corrected chi connectivity index (χ3v) is 3.97. The molecule has 0 saturated heterocycles. The predicted molar refractivity (Wildman–Crippen MR) is 108 cm³/mol. The van der Waals surface area contributed by atoms with Crippen molar-refractivity contribution < 1.29 is 9.59 Å². The van der Waals surface area contributed by atoms with Crippen molar-refractivity contribution in [1.29, 1.82) is 0 Å². The van der Waals surface area contributed by atoms with Gasteiger partial charge in [0.15, 0.2) is 0 Å². The van der Waals surface area contributed by atoms with E-state index in [0.717, 1.165) is 5.56 Å². The Morgan fingerprint density at radius 2 is 1.71 bits per heavy atom. The summed E-state index contributed by atoms with van der Waals surface area (Å²) in [5.74, 6) is -0.145. The number of carbonyl (C=O) groups excluding carboxylic acids is 2. The van der Waals surface area contributed by atoms with E-state index in [1.165, 1.54) is 13.1 Å². The molecule has 0 spiro atoms. The van der Waals surface area contributed by atoms with Crippen LogP contribution in [0.2, 0.25) is 0 Å². The van der Waals surface area contributed by atoms with Gasteiger partial charge in [-0.25, -0.2) is 9.97 Å². The molecule has 1 unspecified atom stereocenters. The first kappa shape index (κ1) is 19.0. The van der Waals surface area contributed by atoms with E-state index in [2.05, 4.69) is 25.9 Å². The van der Waals surface area contributed by atoms with Crippen molar-refractivity contribution in [3.63, 3.8) is 0 Å². The highest BCUT2D eigenvalue weighted by Gasteiger charge is 2.13. The van der Waals surface area contributed by atoms with Crippen LogP contribution < -0.4 is 16.0 Å². The number of amides is 2. The van der Waals surface area contributed by atoms with Crippen LogP contribution in [0.25, 0.3) is 0 Å². The zero-order valence-corrected chi connectivity index (χ0v) is 15.6. The highest BCUT2D eigenvalue weighted by molar-refractivity contribution is 5.93. The molecule has 1 heterocycles. The number of rotatable bonds is 6. The molecule has 0 aliphatic carbocycles. The molecule has 2 amide bonds. The van der Waals surface area contributed by atoms with E-state index >= 15 is 0 Å². The van der Waals surface area contributed by atoms with E-state index in [1.807, 2.05) is 43.3 Å². The Morgan fingerprint density at radius 1 is 0.964 bits per heavy atom. The third kappa shape index (κ3) is 5.14. The summed E-state index contributed by atoms with van der Waals surface area (Å²) in [6.45, 7) is 3.36. The molecule has 1 atom stereocenters. The lowest BCUT2D eigenvalue weighted by Gasteiger charge is -2.14. The van der Waals surface area contributed by atoms with Crippen LogP contribution in [0, 0.1) is 0 Å². The minimum Gasteiger partial charge on any atom is -0.344 e. The van der Waals surface area contributed by atoms with Gasteiger partial charge in [-0.05, 0) is 36.8 Å². The quantitative estimate of drug-likeness (QED) is 0.611. The lowest BCUT2D eigenvalue weighted by atomic mass is 10.1. The molecule has 3 aromatic rings. The second kappa shape index (κ2) is 8.77. The molecular weight excluding hydrogens is 354 g/mol. The van der Waals surface area contributed by atoms with Crippen LogP contribution in [0.5, 0.6) is 0 Å². The summed E-state index contributed by atoms with van der Waals surface area (Å²) in [7, 11) is 0. The smallest absolute Gasteiger partial charge is 0.270 e. The van der Waals surface area contributed by atoms with Gasteiger partial charge in [-0.3, -0.25) is 9.59 Å². The SMILES string of the molecule is CC(=O)Nc1cccc(Nc2nccc(C(=O)NC(C)c3ccccc3)n2)c1. The first-order chi connectivity index (χ1) is 13.5. The second-order valence-electron chi connectivity index (χ2n) is 6.26. The van der Waals surface area contributed by atoms with Gasteiger partial charge in [0.05, 0.1) is 6.04 Å². The molecule has 0 radical (unpaired) electrons. The van der Waals surface area contributed by atoms with Crippen LogP contribution in [0.4, 0.5) is 17.3 Å². The van der Waals surface area contributed by atoms with Crippen molar-refractivity contribution >= 4 is 29.1 Å². The number of aromatic nitrogens is 2. The average Bonchev–Trinajstić information content (AvgIpc) is 2.68. The van der Waals surface area contributed by atoms with Crippen LogP contribution in [-0.2, 0) is 4.79 Å². The molecule has 0 aliphatic heterocycles. The van der Waals surface area contributed by atoms with Crippen molar-refractivity contribution in [2.45, 2.75) is 19.9 Å². The van der Waals surface area contributed by atoms with Crippen LogP contribution in [0.1, 0.15) is 35.9 Å². The molecule has 3 rings (SSSR count). The van der Waals surface area contributed by atoms with Crippen LogP contribution in [0.3, 0.4) is 0 Å². The lowest BCUT2D eigenvalue weighted by molar-refractivity contribution is -0.114. The molecule has 142 valence electrons. The molecular formula is C21H21N5O2. The Morgan fingerprint density at radius 3 is 2.46 bits per heavy atom. The van der Waals surface area contributed by atoms with Crippen molar-refractivity contribution in [2.75, 3.05) is 10.6 Å². The van der Waals surface area contributed by atoms with Gasteiger partial charge in [-0.1, -0.05) is 36.4 Å². The standard InChI is InChI=1S/C21H21N5O2/c1-14(16-7-4-3-5-8-16)23-20(28)19-11-12-22-21(26-19)25-18-10-6-9-17(13-18)24-15(2)27/h3-14H,1-2H3,(H,23,28)(H,24,27)(H,22,25,26). The minimum atomic E-state index is -0.284. The minimum absolute atomic E-state index is 0.144. The summed E-state index contributed by atoms with van der Waals surface area (Å²) < 4.78 is 0. The van der Waals surface area contributed by atoms with Crippen molar-refractivity contribution in [2.24, 2.45) is 0 Å². The molecule has 7 heteroatoms. The highest BCUT2D eigenvalue weighted by atomic mass is 16.2. The Labute approximate surface area is 163 Å². The Bertz CT molecular complexity index is 975. The Hall–Kier alpha value is -3.74. The van der Waals surface area contributed by atoms with E-state index in [4.69, 9.17) is 0 Å². The largest absolute Gasteiger partial charge is 0.344 e. The summed E-state index contributed by atoms with van der Waals surface area (Å²) in [6.07, 6.45) is 1.52. The first-order valence-electron chi connectivity index (χ1n) is 8.85. The monoisotopic (exact) mass is 375 g/mol. The topological polar surface area (TPSA) is 96.0 Å². The summed E-state index contributed by atoms with van der Waals surface area (Å²) in [4.78, 5) is 32.2. The normalized spacial score (nSPS) is 11.4. The van der Waals surface area contributed by atoms with Gasteiger partial charge in [0.25, 0.3) is 5.91 Å². The summed E-state index contributed by atoms with van der Waals surface area (Å²) in [5, 5.41) is 8.69. The molecule has 28 heavy (non-hydrogen) atoms. The molecule has 7 nitrogen and oxygen atoms in total. The lowest BCUT2D eigenvalue weighted by Crippen LogP contribution is -2.27. The molecule has 0 aliphatic rings. The molecule has 3 N–H and O–H groups in total. The van der Waals surface area contributed by atoms with Gasteiger partial charge >= 0.3 is 0 Å². The fourth-order valence-corrected chi connectivity index (χ4v) is 2.65. The number of hydrogen-bond acceptors (Lipinski definition) is 5. The van der Waals surface area contributed by atoms with E-state index in [0.29, 0.717) is 17.3 Å². The van der Waals surface area contributed by atoms with Gasteiger partial charge in [0.2, 0.25) is 11.9 Å². The highest BCUT2D eigenvalue weighted by Crippen LogP contribution is 2.18.